The Morgan fingerprint density at radius 2 is 1.82 bits per heavy atom. The Hall–Kier alpha value is -3.08. The van der Waals surface area contributed by atoms with Gasteiger partial charge in [0.15, 0.2) is 11.5 Å². The number of fused-ring (bicyclic) bond motifs is 1. The number of sulfone groups is 1. The minimum atomic E-state index is -3.73. The van der Waals surface area contributed by atoms with Gasteiger partial charge in [-0.05, 0) is 60.9 Å². The first-order valence-corrected chi connectivity index (χ1v) is 14.7. The summed E-state index contributed by atoms with van der Waals surface area (Å²) in [6.07, 6.45) is -2.12. The van der Waals surface area contributed by atoms with Crippen LogP contribution in [0, 0.1) is 5.92 Å². The highest BCUT2D eigenvalue weighted by Crippen LogP contribution is 2.44. The van der Waals surface area contributed by atoms with Gasteiger partial charge in [0, 0.05) is 24.3 Å². The van der Waals surface area contributed by atoms with Crippen LogP contribution in [0.15, 0.2) is 36.4 Å². The van der Waals surface area contributed by atoms with Gasteiger partial charge in [-0.25, -0.2) is 8.42 Å². The quantitative estimate of drug-likeness (QED) is 0.383. The highest BCUT2D eigenvalue weighted by Gasteiger charge is 2.43. The van der Waals surface area contributed by atoms with Gasteiger partial charge in [-0.15, -0.1) is 8.78 Å². The maximum absolute atomic E-state index is 13.6. The molecule has 4 rings (SSSR count). The Morgan fingerprint density at radius 1 is 1.13 bits per heavy atom. The predicted molar refractivity (Wildman–Crippen MR) is 142 cm³/mol. The van der Waals surface area contributed by atoms with Crippen LogP contribution >= 0.6 is 0 Å². The molecule has 1 atom stereocenters. The Balaban J connectivity index is 1.74. The molecule has 0 bridgehead atoms. The molecule has 38 heavy (non-hydrogen) atoms. The number of aliphatic carboxylic acids is 1. The molecule has 0 spiro atoms. The number of hydrogen-bond acceptors (Lipinski definition) is 7. The zero-order valence-electron chi connectivity index (χ0n) is 21.7. The molecule has 2 aliphatic heterocycles. The molecule has 0 saturated carbocycles. The van der Waals surface area contributed by atoms with Gasteiger partial charge in [0.05, 0.1) is 29.3 Å². The first-order chi connectivity index (χ1) is 17.9. The van der Waals surface area contributed by atoms with Crippen molar-refractivity contribution in [3.63, 3.8) is 0 Å². The fourth-order valence-corrected chi connectivity index (χ4v) is 6.54. The van der Waals surface area contributed by atoms with E-state index in [1.54, 1.807) is 6.07 Å². The van der Waals surface area contributed by atoms with E-state index in [1.807, 2.05) is 25.1 Å². The number of rotatable bonds is 10. The molecule has 0 aromatic heterocycles. The molecule has 2 N–H and O–H groups in total. The SMILES string of the molecule is CC[C@@H](CC(=O)O)c1ccc(N(CC(C)C)C2CCS(=O)(=O)CC2)c(Nc2ccc3c(c2)OC(F)(F)O3)c1. The van der Waals surface area contributed by atoms with Crippen molar-refractivity contribution >= 4 is 32.9 Å². The molecule has 8 nitrogen and oxygen atoms in total. The van der Waals surface area contributed by atoms with E-state index in [-0.39, 0.29) is 47.3 Å². The maximum atomic E-state index is 13.6. The largest absolute Gasteiger partial charge is 0.586 e. The van der Waals surface area contributed by atoms with Crippen molar-refractivity contribution in [3.8, 4) is 11.5 Å². The number of carboxylic acid groups (broad SMARTS) is 1. The van der Waals surface area contributed by atoms with Crippen molar-refractivity contribution in [2.75, 3.05) is 28.3 Å². The second-order valence-corrected chi connectivity index (χ2v) is 12.7. The summed E-state index contributed by atoms with van der Waals surface area (Å²) in [5.41, 5.74) is 2.83. The number of carbonyl (C=O) groups is 1. The Bertz CT molecular complexity index is 1270. The Kier molecular flexibility index (Phi) is 8.06. The molecule has 208 valence electrons. The van der Waals surface area contributed by atoms with Crippen LogP contribution in [0.5, 0.6) is 11.5 Å². The van der Waals surface area contributed by atoms with Gasteiger partial charge in [0.25, 0.3) is 0 Å². The molecule has 0 amide bonds. The lowest BCUT2D eigenvalue weighted by atomic mass is 9.92. The van der Waals surface area contributed by atoms with Crippen LogP contribution in [0.3, 0.4) is 0 Å². The molecule has 0 radical (unpaired) electrons. The van der Waals surface area contributed by atoms with E-state index >= 15 is 0 Å². The number of hydrogen-bond donors (Lipinski definition) is 2. The highest BCUT2D eigenvalue weighted by atomic mass is 32.2. The molecule has 1 saturated heterocycles. The second-order valence-electron chi connectivity index (χ2n) is 10.4. The summed E-state index contributed by atoms with van der Waals surface area (Å²) < 4.78 is 60.5. The average molecular weight is 553 g/mol. The molecular weight excluding hydrogens is 518 g/mol. The van der Waals surface area contributed by atoms with Crippen molar-refractivity contribution in [3.05, 3.63) is 42.0 Å². The van der Waals surface area contributed by atoms with Crippen molar-refractivity contribution in [1.29, 1.82) is 0 Å². The van der Waals surface area contributed by atoms with Crippen LogP contribution in [0.4, 0.5) is 25.8 Å². The van der Waals surface area contributed by atoms with Crippen molar-refractivity contribution < 1.29 is 36.6 Å². The Morgan fingerprint density at radius 3 is 2.45 bits per heavy atom. The van der Waals surface area contributed by atoms with E-state index in [2.05, 4.69) is 33.5 Å². The summed E-state index contributed by atoms with van der Waals surface area (Å²) in [5.74, 6) is -0.726. The molecule has 2 aliphatic rings. The monoisotopic (exact) mass is 552 g/mol. The molecule has 11 heteroatoms. The minimum Gasteiger partial charge on any atom is -0.481 e. The summed E-state index contributed by atoms with van der Waals surface area (Å²) in [5, 5.41) is 12.7. The fourth-order valence-electron chi connectivity index (χ4n) is 5.08. The van der Waals surface area contributed by atoms with E-state index < -0.39 is 22.1 Å². The van der Waals surface area contributed by atoms with Crippen molar-refractivity contribution in [2.24, 2.45) is 5.92 Å². The molecule has 2 heterocycles. The lowest BCUT2D eigenvalue weighted by Crippen LogP contribution is -2.43. The van der Waals surface area contributed by atoms with Crippen LogP contribution in [0.1, 0.15) is 57.9 Å². The van der Waals surface area contributed by atoms with Gasteiger partial charge >= 0.3 is 12.3 Å². The molecule has 2 aromatic carbocycles. The lowest BCUT2D eigenvalue weighted by Gasteiger charge is -2.38. The molecule has 1 fully saturated rings. The molecular formula is C27H34F2N2O6S. The molecule has 2 aromatic rings. The number of alkyl halides is 2. The van der Waals surface area contributed by atoms with Gasteiger partial charge in [-0.1, -0.05) is 26.8 Å². The average Bonchev–Trinajstić information content (AvgIpc) is 3.14. The number of nitrogens with zero attached hydrogens (tertiary/aromatic N) is 1. The maximum Gasteiger partial charge on any atom is 0.586 e. The van der Waals surface area contributed by atoms with Crippen LogP contribution in [-0.2, 0) is 14.6 Å². The van der Waals surface area contributed by atoms with Crippen molar-refractivity contribution in [2.45, 2.75) is 64.7 Å². The fraction of sp³-hybridized carbons (Fsp3) is 0.519. The third-order valence-electron chi connectivity index (χ3n) is 6.92. The topological polar surface area (TPSA) is 105 Å². The molecule has 0 unspecified atom stereocenters. The zero-order chi connectivity index (χ0) is 27.7. The Labute approximate surface area is 221 Å². The second kappa shape index (κ2) is 11.0. The number of benzene rings is 2. The summed E-state index contributed by atoms with van der Waals surface area (Å²) in [4.78, 5) is 13.7. The van der Waals surface area contributed by atoms with E-state index in [0.29, 0.717) is 37.2 Å². The third-order valence-corrected chi connectivity index (χ3v) is 8.64. The first kappa shape index (κ1) is 27.9. The summed E-state index contributed by atoms with van der Waals surface area (Å²) in [6.45, 7) is 6.79. The predicted octanol–water partition coefficient (Wildman–Crippen LogP) is 5.76. The third kappa shape index (κ3) is 6.67. The van der Waals surface area contributed by atoms with Gasteiger partial charge in [-0.2, -0.15) is 0 Å². The van der Waals surface area contributed by atoms with Crippen LogP contribution in [0.25, 0.3) is 0 Å². The number of nitrogens with one attached hydrogen (secondary N) is 1. The van der Waals surface area contributed by atoms with E-state index in [4.69, 9.17) is 0 Å². The summed E-state index contributed by atoms with van der Waals surface area (Å²) >= 11 is 0. The minimum absolute atomic E-state index is 0.00348. The van der Waals surface area contributed by atoms with Crippen LogP contribution in [0.2, 0.25) is 0 Å². The van der Waals surface area contributed by atoms with Crippen LogP contribution in [-0.4, -0.2) is 49.9 Å². The van der Waals surface area contributed by atoms with Crippen LogP contribution < -0.4 is 19.7 Å². The van der Waals surface area contributed by atoms with Gasteiger partial charge in [-0.3, -0.25) is 4.79 Å². The highest BCUT2D eigenvalue weighted by molar-refractivity contribution is 7.91. The van der Waals surface area contributed by atoms with Gasteiger partial charge in [0.2, 0.25) is 0 Å². The number of ether oxygens (including phenoxy) is 2. The zero-order valence-corrected chi connectivity index (χ0v) is 22.6. The lowest BCUT2D eigenvalue weighted by molar-refractivity contribution is -0.286. The van der Waals surface area contributed by atoms with E-state index in [0.717, 1.165) is 11.3 Å². The smallest absolute Gasteiger partial charge is 0.481 e. The normalized spacial score (nSPS) is 18.8. The molecule has 0 aliphatic carbocycles. The van der Waals surface area contributed by atoms with Crippen molar-refractivity contribution in [1.82, 2.24) is 0 Å². The number of halogens is 2. The van der Waals surface area contributed by atoms with E-state index in [9.17, 15) is 27.1 Å². The standard InChI is InChI=1S/C27H34F2N2O6S/c1-4-18(14-26(32)33)19-5-7-23(31(16-17(2)3)21-9-11-38(34,35)12-10-21)22(13-19)30-20-6-8-24-25(15-20)37-27(28,29)36-24/h5-8,13,15,17-18,21,30H,4,9-12,14,16H2,1-3H3,(H,32,33)/t18-/m0/s1. The summed E-state index contributed by atoms with van der Waals surface area (Å²) in [7, 11) is -3.05. The first-order valence-electron chi connectivity index (χ1n) is 12.9. The summed E-state index contributed by atoms with van der Waals surface area (Å²) in [6, 6.07) is 10.2. The van der Waals surface area contributed by atoms with E-state index in [1.165, 1.54) is 12.1 Å². The van der Waals surface area contributed by atoms with Gasteiger partial charge < -0.3 is 24.8 Å². The number of carboxylic acids is 1. The van der Waals surface area contributed by atoms with Gasteiger partial charge in [0.1, 0.15) is 9.84 Å². The number of anilines is 3.